The van der Waals surface area contributed by atoms with E-state index in [1.54, 1.807) is 0 Å². The molecule has 0 spiro atoms. The second-order valence-corrected chi connectivity index (χ2v) is 10.2. The van der Waals surface area contributed by atoms with E-state index >= 15 is 0 Å². The van der Waals surface area contributed by atoms with Crippen LogP contribution in [-0.4, -0.2) is 50.3 Å². The number of halogens is 1. The molecule has 3 nitrogen and oxygen atoms in total. The molecule has 2 atom stereocenters. The number of ether oxygens (including phenoxy) is 1. The maximum absolute atomic E-state index is 6.58. The van der Waals surface area contributed by atoms with Crippen LogP contribution in [0.2, 0.25) is 5.02 Å². The summed E-state index contributed by atoms with van der Waals surface area (Å²) in [6.45, 7) is 11.1. The van der Waals surface area contributed by atoms with Gasteiger partial charge in [-0.25, -0.2) is 0 Å². The number of hydrogen-bond donors (Lipinski definition) is 0. The lowest BCUT2D eigenvalue weighted by Crippen LogP contribution is -2.48. The number of anilines is 1. The molecule has 0 unspecified atom stereocenters. The molecule has 0 N–H and O–H groups in total. The molecule has 2 aromatic rings. The molecule has 168 valence electrons. The van der Waals surface area contributed by atoms with Gasteiger partial charge in [0.15, 0.2) is 0 Å². The first-order chi connectivity index (χ1) is 15.0. The summed E-state index contributed by atoms with van der Waals surface area (Å²) in [6, 6.07) is 19.2. The highest BCUT2D eigenvalue weighted by Gasteiger charge is 2.38. The van der Waals surface area contributed by atoms with Crippen LogP contribution in [0.15, 0.2) is 54.6 Å². The maximum atomic E-state index is 6.58. The monoisotopic (exact) mass is 440 g/mol. The van der Waals surface area contributed by atoms with Gasteiger partial charge < -0.3 is 9.64 Å². The van der Waals surface area contributed by atoms with Crippen molar-refractivity contribution in [3.8, 4) is 0 Å². The van der Waals surface area contributed by atoms with Crippen molar-refractivity contribution in [2.45, 2.75) is 45.6 Å². The predicted molar refractivity (Wildman–Crippen MR) is 131 cm³/mol. The zero-order valence-corrected chi connectivity index (χ0v) is 19.9. The Kier molecular flexibility index (Phi) is 7.58. The average molecular weight is 441 g/mol. The van der Waals surface area contributed by atoms with E-state index in [-0.39, 0.29) is 5.41 Å². The largest absolute Gasteiger partial charge is 0.378 e. The quantitative estimate of drug-likeness (QED) is 0.531. The molecule has 0 bridgehead atoms. The number of rotatable bonds is 7. The number of benzene rings is 2. The normalized spacial score (nSPS) is 25.2. The van der Waals surface area contributed by atoms with Gasteiger partial charge in [0.05, 0.1) is 6.10 Å². The van der Waals surface area contributed by atoms with E-state index in [2.05, 4.69) is 66.1 Å². The molecule has 4 heteroatoms. The Balaban J connectivity index is 1.40. The zero-order chi connectivity index (χ0) is 21.7. The molecule has 2 aliphatic heterocycles. The first kappa shape index (κ1) is 22.6. The van der Waals surface area contributed by atoms with Crippen LogP contribution >= 0.6 is 11.6 Å². The molecular formula is C27H37ClN2O. The van der Waals surface area contributed by atoms with Gasteiger partial charge in [0.25, 0.3) is 0 Å². The Bertz CT molecular complexity index is 819. The second-order valence-electron chi connectivity index (χ2n) is 9.79. The number of hydrogen-bond acceptors (Lipinski definition) is 3. The highest BCUT2D eigenvalue weighted by Crippen LogP contribution is 2.43. The Morgan fingerprint density at radius 2 is 1.71 bits per heavy atom. The van der Waals surface area contributed by atoms with E-state index in [0.29, 0.717) is 12.0 Å². The van der Waals surface area contributed by atoms with Crippen LogP contribution in [0.4, 0.5) is 5.69 Å². The summed E-state index contributed by atoms with van der Waals surface area (Å²) < 4.78 is 6.16. The molecule has 2 heterocycles. The molecule has 2 aliphatic rings. The van der Waals surface area contributed by atoms with Gasteiger partial charge in [0.2, 0.25) is 0 Å². The summed E-state index contributed by atoms with van der Waals surface area (Å²) in [5.74, 6) is 0.556. The van der Waals surface area contributed by atoms with Gasteiger partial charge in [-0.1, -0.05) is 61.8 Å². The lowest BCUT2D eigenvalue weighted by Gasteiger charge is -2.44. The van der Waals surface area contributed by atoms with Crippen molar-refractivity contribution in [2.24, 2.45) is 11.3 Å². The first-order valence-electron chi connectivity index (χ1n) is 11.9. The summed E-state index contributed by atoms with van der Waals surface area (Å²) in [7, 11) is 0. The van der Waals surface area contributed by atoms with Gasteiger partial charge in [-0.05, 0) is 67.3 Å². The van der Waals surface area contributed by atoms with Crippen LogP contribution in [0.1, 0.15) is 38.7 Å². The minimum absolute atomic E-state index is 0.273. The molecular weight excluding hydrogens is 404 g/mol. The Morgan fingerprint density at radius 3 is 2.42 bits per heavy atom. The zero-order valence-electron chi connectivity index (χ0n) is 19.1. The van der Waals surface area contributed by atoms with E-state index < -0.39 is 0 Å². The predicted octanol–water partition coefficient (Wildman–Crippen LogP) is 5.92. The van der Waals surface area contributed by atoms with E-state index in [4.69, 9.17) is 16.3 Å². The van der Waals surface area contributed by atoms with Crippen molar-refractivity contribution in [1.29, 1.82) is 0 Å². The Hall–Kier alpha value is -1.55. The van der Waals surface area contributed by atoms with Gasteiger partial charge in [0.1, 0.15) is 0 Å². The van der Waals surface area contributed by atoms with E-state index in [1.807, 2.05) is 12.1 Å². The van der Waals surface area contributed by atoms with Crippen LogP contribution in [0, 0.1) is 11.3 Å². The Morgan fingerprint density at radius 1 is 1.00 bits per heavy atom. The van der Waals surface area contributed by atoms with Gasteiger partial charge in [0, 0.05) is 43.5 Å². The molecule has 2 aromatic carbocycles. The van der Waals surface area contributed by atoms with Crippen molar-refractivity contribution in [1.82, 2.24) is 4.90 Å². The number of piperazine rings is 1. The fourth-order valence-electron chi connectivity index (χ4n) is 5.23. The van der Waals surface area contributed by atoms with Gasteiger partial charge >= 0.3 is 0 Å². The lowest BCUT2D eigenvalue weighted by molar-refractivity contribution is -0.0743. The van der Waals surface area contributed by atoms with E-state index in [1.165, 1.54) is 17.7 Å². The molecule has 31 heavy (non-hydrogen) atoms. The van der Waals surface area contributed by atoms with Crippen LogP contribution in [-0.2, 0) is 11.2 Å². The average Bonchev–Trinajstić information content (AvgIpc) is 2.80. The Labute approximate surface area is 193 Å². The second kappa shape index (κ2) is 10.4. The van der Waals surface area contributed by atoms with Gasteiger partial charge in [-0.15, -0.1) is 0 Å². The number of nitrogens with zero attached hydrogens (tertiary/aromatic N) is 2. The van der Waals surface area contributed by atoms with Crippen molar-refractivity contribution in [3.63, 3.8) is 0 Å². The summed E-state index contributed by atoms with van der Waals surface area (Å²) in [5.41, 5.74) is 2.92. The first-order valence-corrected chi connectivity index (χ1v) is 12.3. The third kappa shape index (κ3) is 5.83. The fraction of sp³-hybridized carbons (Fsp3) is 0.556. The number of para-hydroxylation sites is 1. The molecule has 4 rings (SSSR count). The summed E-state index contributed by atoms with van der Waals surface area (Å²) >= 11 is 6.58. The molecule has 2 saturated heterocycles. The smallest absolute Gasteiger partial charge is 0.0603 e. The summed E-state index contributed by atoms with van der Waals surface area (Å²) in [6.07, 6.45) is 4.90. The third-order valence-corrected chi connectivity index (χ3v) is 7.69. The minimum Gasteiger partial charge on any atom is -0.378 e. The minimum atomic E-state index is 0.273. The molecule has 0 aromatic heterocycles. The van der Waals surface area contributed by atoms with Crippen molar-refractivity contribution in [3.05, 3.63) is 65.2 Å². The molecule has 0 saturated carbocycles. The van der Waals surface area contributed by atoms with Crippen LogP contribution in [0.5, 0.6) is 0 Å². The summed E-state index contributed by atoms with van der Waals surface area (Å²) in [4.78, 5) is 5.17. The van der Waals surface area contributed by atoms with Crippen LogP contribution in [0.3, 0.4) is 0 Å². The fourth-order valence-corrected chi connectivity index (χ4v) is 5.43. The van der Waals surface area contributed by atoms with Crippen molar-refractivity contribution in [2.75, 3.05) is 44.2 Å². The van der Waals surface area contributed by atoms with E-state index in [0.717, 1.165) is 63.6 Å². The highest BCUT2D eigenvalue weighted by atomic mass is 35.5. The molecule has 0 amide bonds. The van der Waals surface area contributed by atoms with Crippen LogP contribution < -0.4 is 4.90 Å². The standard InChI is InChI=1S/C27H37ClN2O/c1-22(2)26-21-27(13-19-31-26,20-23-8-6-7-11-25(23)28)12-14-29-15-17-30(18-16-29)24-9-4-3-5-10-24/h3-11,22,26H,12-21H2,1-2H3/t26-,27+/m0/s1. The van der Waals surface area contributed by atoms with Crippen molar-refractivity contribution < 1.29 is 4.74 Å². The van der Waals surface area contributed by atoms with Crippen LogP contribution in [0.25, 0.3) is 0 Å². The topological polar surface area (TPSA) is 15.7 Å². The SMILES string of the molecule is CC(C)[C@@H]1C[C@@](CCN2CCN(c3ccccc3)CC2)(Cc2ccccc2Cl)CCO1. The van der Waals surface area contributed by atoms with Crippen molar-refractivity contribution >= 4 is 17.3 Å². The third-order valence-electron chi connectivity index (χ3n) is 7.32. The summed E-state index contributed by atoms with van der Waals surface area (Å²) in [5, 5.41) is 0.908. The molecule has 2 fully saturated rings. The van der Waals surface area contributed by atoms with Gasteiger partial charge in [-0.3, -0.25) is 4.90 Å². The lowest BCUT2D eigenvalue weighted by atomic mass is 9.69. The molecule has 0 radical (unpaired) electrons. The van der Waals surface area contributed by atoms with E-state index in [9.17, 15) is 0 Å². The highest BCUT2D eigenvalue weighted by molar-refractivity contribution is 6.31. The maximum Gasteiger partial charge on any atom is 0.0603 e. The van der Waals surface area contributed by atoms with Gasteiger partial charge in [-0.2, -0.15) is 0 Å². The molecule has 0 aliphatic carbocycles.